The minimum atomic E-state index is -0.993. The second-order valence-corrected chi connectivity index (χ2v) is 4.58. The number of fused-ring (bicyclic) bond motifs is 1. The molecule has 1 atom stereocenters. The molecular weight excluding hydrogens is 274 g/mol. The quantitative estimate of drug-likeness (QED) is 0.837. The van der Waals surface area contributed by atoms with Gasteiger partial charge in [-0.3, -0.25) is 19.0 Å². The van der Waals surface area contributed by atoms with Gasteiger partial charge in [0.25, 0.3) is 5.56 Å². The number of hydrogen-bond acceptors (Lipinski definition) is 4. The lowest BCUT2D eigenvalue weighted by molar-refractivity contribution is -0.137. The predicted octanol–water partition coefficient (Wildman–Crippen LogP) is 0.548. The highest BCUT2D eigenvalue weighted by Gasteiger charge is 2.17. The Kier molecular flexibility index (Phi) is 4.32. The van der Waals surface area contributed by atoms with Gasteiger partial charge in [-0.15, -0.1) is 0 Å². The molecular formula is C14H15N3O4. The number of amides is 1. The number of aliphatic carboxylic acids is 1. The summed E-state index contributed by atoms with van der Waals surface area (Å²) in [7, 11) is 0. The fourth-order valence-corrected chi connectivity index (χ4v) is 1.93. The van der Waals surface area contributed by atoms with Crippen molar-refractivity contribution in [2.75, 3.05) is 6.54 Å². The summed E-state index contributed by atoms with van der Waals surface area (Å²) in [6, 6.07) is 6.12. The molecule has 0 radical (unpaired) electrons. The largest absolute Gasteiger partial charge is 0.481 e. The van der Waals surface area contributed by atoms with Crippen LogP contribution in [-0.2, 0) is 9.59 Å². The van der Waals surface area contributed by atoms with Crippen LogP contribution in [0.15, 0.2) is 35.4 Å². The average Bonchev–Trinajstić information content (AvgIpc) is 2.47. The number of carbonyl (C=O) groups is 2. The summed E-state index contributed by atoms with van der Waals surface area (Å²) in [5.41, 5.74) is 0.263. The molecule has 0 spiro atoms. The topological polar surface area (TPSA) is 101 Å². The lowest BCUT2D eigenvalue weighted by atomic mass is 10.2. The van der Waals surface area contributed by atoms with Crippen molar-refractivity contribution in [3.05, 3.63) is 40.9 Å². The Morgan fingerprint density at radius 1 is 1.38 bits per heavy atom. The van der Waals surface area contributed by atoms with Gasteiger partial charge in [-0.2, -0.15) is 0 Å². The number of carbonyl (C=O) groups excluding carboxylic acids is 1. The number of nitrogens with one attached hydrogen (secondary N) is 1. The minimum Gasteiger partial charge on any atom is -0.481 e. The number of carboxylic acid groups (broad SMARTS) is 1. The molecule has 1 heterocycles. The Bertz CT molecular complexity index is 738. The van der Waals surface area contributed by atoms with Gasteiger partial charge in [0.1, 0.15) is 6.04 Å². The smallest absolute Gasteiger partial charge is 0.305 e. The van der Waals surface area contributed by atoms with Crippen LogP contribution in [0.3, 0.4) is 0 Å². The summed E-state index contributed by atoms with van der Waals surface area (Å²) in [6.45, 7) is 1.59. The van der Waals surface area contributed by atoms with E-state index in [1.807, 2.05) is 0 Å². The highest BCUT2D eigenvalue weighted by molar-refractivity contribution is 5.81. The molecule has 0 aliphatic heterocycles. The number of para-hydroxylation sites is 1. The highest BCUT2D eigenvalue weighted by Crippen LogP contribution is 2.08. The lowest BCUT2D eigenvalue weighted by Gasteiger charge is -2.14. The normalized spacial score (nSPS) is 12.0. The van der Waals surface area contributed by atoms with Crippen molar-refractivity contribution in [3.8, 4) is 0 Å². The molecule has 1 amide bonds. The van der Waals surface area contributed by atoms with Crippen molar-refractivity contribution in [1.82, 2.24) is 14.9 Å². The van der Waals surface area contributed by atoms with Crippen LogP contribution >= 0.6 is 0 Å². The summed E-state index contributed by atoms with van der Waals surface area (Å²) >= 11 is 0. The molecule has 0 fully saturated rings. The van der Waals surface area contributed by atoms with E-state index < -0.39 is 17.9 Å². The fourth-order valence-electron chi connectivity index (χ4n) is 1.93. The van der Waals surface area contributed by atoms with E-state index in [1.54, 1.807) is 31.2 Å². The zero-order chi connectivity index (χ0) is 15.4. The Hall–Kier alpha value is -2.70. The minimum absolute atomic E-state index is 0.0221. The number of benzene rings is 1. The van der Waals surface area contributed by atoms with Gasteiger partial charge in [-0.05, 0) is 19.1 Å². The third kappa shape index (κ3) is 3.25. The first-order valence-corrected chi connectivity index (χ1v) is 6.46. The second-order valence-electron chi connectivity index (χ2n) is 4.58. The molecule has 7 heteroatoms. The summed E-state index contributed by atoms with van der Waals surface area (Å²) in [4.78, 5) is 38.8. The number of nitrogens with zero attached hydrogens (tertiary/aromatic N) is 2. The fraction of sp³-hybridized carbons (Fsp3) is 0.286. The van der Waals surface area contributed by atoms with Gasteiger partial charge in [-0.25, -0.2) is 4.98 Å². The number of carboxylic acids is 1. The maximum Gasteiger partial charge on any atom is 0.305 e. The van der Waals surface area contributed by atoms with Crippen LogP contribution in [0.25, 0.3) is 10.9 Å². The molecule has 0 saturated carbocycles. The first-order valence-electron chi connectivity index (χ1n) is 6.46. The van der Waals surface area contributed by atoms with Crippen molar-refractivity contribution >= 4 is 22.8 Å². The molecule has 2 aromatic rings. The molecule has 21 heavy (non-hydrogen) atoms. The van der Waals surface area contributed by atoms with Gasteiger partial charge in [0.2, 0.25) is 5.91 Å². The van der Waals surface area contributed by atoms with Crippen molar-refractivity contribution in [1.29, 1.82) is 0 Å². The summed E-state index contributed by atoms with van der Waals surface area (Å²) in [5.74, 6) is -1.41. The molecule has 2 rings (SSSR count). The molecule has 0 unspecified atom stereocenters. The number of aromatic nitrogens is 2. The first kappa shape index (κ1) is 14.7. The zero-order valence-electron chi connectivity index (χ0n) is 11.4. The van der Waals surface area contributed by atoms with Crippen LogP contribution in [0.1, 0.15) is 19.4 Å². The van der Waals surface area contributed by atoms with Crippen LogP contribution in [0.2, 0.25) is 0 Å². The maximum absolute atomic E-state index is 12.3. The standard InChI is InChI=1S/C14H15N3O4/c1-9(13(20)15-7-6-12(18)19)17-8-16-11-5-3-2-4-10(11)14(17)21/h2-5,8-9H,6-7H2,1H3,(H,15,20)(H,18,19)/t9-/m0/s1. The van der Waals surface area contributed by atoms with Crippen molar-refractivity contribution in [3.63, 3.8) is 0 Å². The molecule has 0 aliphatic carbocycles. The van der Waals surface area contributed by atoms with Crippen molar-refractivity contribution in [2.24, 2.45) is 0 Å². The summed E-state index contributed by atoms with van der Waals surface area (Å²) in [6.07, 6.45) is 1.16. The molecule has 1 aromatic heterocycles. The number of hydrogen-bond donors (Lipinski definition) is 2. The van der Waals surface area contributed by atoms with Crippen molar-refractivity contribution < 1.29 is 14.7 Å². The van der Waals surface area contributed by atoms with E-state index in [9.17, 15) is 14.4 Å². The molecule has 2 N–H and O–H groups in total. The van der Waals surface area contributed by atoms with E-state index >= 15 is 0 Å². The highest BCUT2D eigenvalue weighted by atomic mass is 16.4. The molecule has 7 nitrogen and oxygen atoms in total. The van der Waals surface area contributed by atoms with Gasteiger partial charge >= 0.3 is 5.97 Å². The SMILES string of the molecule is C[C@@H](C(=O)NCCC(=O)O)n1cnc2ccccc2c1=O. The molecule has 110 valence electrons. The Morgan fingerprint density at radius 3 is 2.81 bits per heavy atom. The van der Waals surface area contributed by atoms with Gasteiger partial charge in [0.15, 0.2) is 0 Å². The lowest BCUT2D eigenvalue weighted by Crippen LogP contribution is -2.36. The number of rotatable bonds is 5. The van der Waals surface area contributed by atoms with Crippen LogP contribution < -0.4 is 10.9 Å². The average molecular weight is 289 g/mol. The Labute approximate surface area is 120 Å². The van der Waals surface area contributed by atoms with E-state index in [4.69, 9.17) is 5.11 Å². The van der Waals surface area contributed by atoms with Gasteiger partial charge in [0, 0.05) is 6.54 Å². The van der Waals surface area contributed by atoms with E-state index in [0.29, 0.717) is 10.9 Å². The predicted molar refractivity (Wildman–Crippen MR) is 76.0 cm³/mol. The Balaban J connectivity index is 2.21. The molecule has 0 aliphatic rings. The molecule has 1 aromatic carbocycles. The van der Waals surface area contributed by atoms with E-state index in [-0.39, 0.29) is 18.5 Å². The third-order valence-electron chi connectivity index (χ3n) is 3.12. The van der Waals surface area contributed by atoms with Gasteiger partial charge < -0.3 is 10.4 Å². The maximum atomic E-state index is 12.3. The van der Waals surface area contributed by atoms with Crippen molar-refractivity contribution in [2.45, 2.75) is 19.4 Å². The molecule has 0 saturated heterocycles. The third-order valence-corrected chi connectivity index (χ3v) is 3.12. The summed E-state index contributed by atoms with van der Waals surface area (Å²) < 4.78 is 1.23. The second kappa shape index (κ2) is 6.17. The van der Waals surface area contributed by atoms with Gasteiger partial charge in [-0.1, -0.05) is 12.1 Å². The van der Waals surface area contributed by atoms with E-state index in [1.165, 1.54) is 10.9 Å². The van der Waals surface area contributed by atoms with Crippen LogP contribution in [-0.4, -0.2) is 33.1 Å². The monoisotopic (exact) mass is 289 g/mol. The van der Waals surface area contributed by atoms with Crippen LogP contribution in [0, 0.1) is 0 Å². The van der Waals surface area contributed by atoms with E-state index in [0.717, 1.165) is 0 Å². The zero-order valence-corrected chi connectivity index (χ0v) is 11.4. The summed E-state index contributed by atoms with van der Waals surface area (Å²) in [5, 5.41) is 11.4. The molecule has 0 bridgehead atoms. The van der Waals surface area contributed by atoms with Crippen LogP contribution in [0.4, 0.5) is 0 Å². The Morgan fingerprint density at radius 2 is 2.10 bits per heavy atom. The first-order chi connectivity index (χ1) is 10.0. The van der Waals surface area contributed by atoms with E-state index in [2.05, 4.69) is 10.3 Å². The van der Waals surface area contributed by atoms with Crippen LogP contribution in [0.5, 0.6) is 0 Å². The van der Waals surface area contributed by atoms with Gasteiger partial charge in [0.05, 0.1) is 23.7 Å².